The Kier molecular flexibility index (Phi) is 14.3. The third-order valence-corrected chi connectivity index (χ3v) is 12.3. The molecule has 1 aromatic heterocycles. The van der Waals surface area contributed by atoms with Gasteiger partial charge in [0, 0.05) is 17.8 Å². The Bertz CT molecular complexity index is 1100. The van der Waals surface area contributed by atoms with Gasteiger partial charge in [0.1, 0.15) is 8.42 Å². The number of thiophene rings is 1. The fourth-order valence-corrected chi connectivity index (χ4v) is 9.31. The zero-order chi connectivity index (χ0) is 27.2. The number of fused-ring (bicyclic) bond motifs is 1. The highest BCUT2D eigenvalue weighted by Gasteiger charge is 2.39. The average Bonchev–Trinajstić information content (AvgIpc) is 3.33. The molecular formula is C28H46N2O4S3. The second-order valence-electron chi connectivity index (χ2n) is 9.79. The SMILES string of the molecule is CCCCC/C=C\C/C=C/CCCCCCC/C=N\S(=O)(=O)c1cc2c(s1)S(=O)(=O)[C@@H](C)C[C@@H]2NCC. The van der Waals surface area contributed by atoms with Gasteiger partial charge in [0.2, 0.25) is 0 Å². The first-order chi connectivity index (χ1) is 17.7. The summed E-state index contributed by atoms with van der Waals surface area (Å²) in [6.45, 7) is 6.54. The number of unbranched alkanes of at least 4 members (excludes halogenated alkanes) is 9. The van der Waals surface area contributed by atoms with Crippen molar-refractivity contribution in [2.45, 2.75) is 124 Å². The zero-order valence-corrected chi connectivity index (χ0v) is 25.3. The number of sulfone groups is 1. The molecule has 0 spiro atoms. The van der Waals surface area contributed by atoms with E-state index >= 15 is 0 Å². The predicted octanol–water partition coefficient (Wildman–Crippen LogP) is 7.54. The van der Waals surface area contributed by atoms with Crippen LogP contribution >= 0.6 is 11.3 Å². The molecule has 2 rings (SSSR count). The molecule has 2 heterocycles. The van der Waals surface area contributed by atoms with Gasteiger partial charge in [0.25, 0.3) is 10.0 Å². The van der Waals surface area contributed by atoms with Crippen molar-refractivity contribution in [2.75, 3.05) is 6.54 Å². The van der Waals surface area contributed by atoms with Gasteiger partial charge < -0.3 is 5.32 Å². The molecule has 6 nitrogen and oxygen atoms in total. The maximum atomic E-state index is 12.8. The lowest BCUT2D eigenvalue weighted by Crippen LogP contribution is -2.33. The highest BCUT2D eigenvalue weighted by molar-refractivity contribution is 7.96. The smallest absolute Gasteiger partial charge is 0.291 e. The van der Waals surface area contributed by atoms with Crippen molar-refractivity contribution in [3.05, 3.63) is 35.9 Å². The van der Waals surface area contributed by atoms with Crippen molar-refractivity contribution in [2.24, 2.45) is 4.40 Å². The molecule has 0 unspecified atom stereocenters. The van der Waals surface area contributed by atoms with Crippen molar-refractivity contribution >= 4 is 37.4 Å². The predicted molar refractivity (Wildman–Crippen MR) is 157 cm³/mol. The summed E-state index contributed by atoms with van der Waals surface area (Å²) in [5, 5.41) is 2.74. The molecule has 0 saturated heterocycles. The molecule has 2 atom stereocenters. The molecule has 0 bridgehead atoms. The van der Waals surface area contributed by atoms with E-state index in [0.29, 0.717) is 24.9 Å². The fraction of sp³-hybridized carbons (Fsp3) is 0.679. The zero-order valence-electron chi connectivity index (χ0n) is 22.8. The maximum Gasteiger partial charge on any atom is 0.291 e. The summed E-state index contributed by atoms with van der Waals surface area (Å²) in [5.74, 6) is 0. The minimum absolute atomic E-state index is 0.00867. The Morgan fingerprint density at radius 3 is 2.24 bits per heavy atom. The number of allylic oxidation sites excluding steroid dienone is 4. The van der Waals surface area contributed by atoms with E-state index in [4.69, 9.17) is 0 Å². The summed E-state index contributed by atoms with van der Waals surface area (Å²) < 4.78 is 55.0. The average molecular weight is 571 g/mol. The standard InChI is InChI=1S/C28H46N2O4S3/c1-4-6-7-8-9-10-11-12-13-14-15-16-17-18-19-20-21-30-37(33,34)27-23-25-26(29-5-2)22-24(3)36(31,32)28(25)35-27/h9-10,12-13,21,23-24,26,29H,4-8,11,14-20,22H2,1-3H3/b10-9-,13-12+,30-21-/t24-,26-/m0/s1. The van der Waals surface area contributed by atoms with E-state index in [1.807, 2.05) is 6.92 Å². The summed E-state index contributed by atoms with van der Waals surface area (Å²) >= 11 is 0.833. The van der Waals surface area contributed by atoms with Crippen LogP contribution in [0.1, 0.15) is 116 Å². The molecule has 0 aromatic carbocycles. The summed E-state index contributed by atoms with van der Waals surface area (Å²) in [4.78, 5) is 0. The Hall–Kier alpha value is -1.29. The van der Waals surface area contributed by atoms with E-state index in [1.165, 1.54) is 50.8 Å². The Labute approximate surface area is 229 Å². The van der Waals surface area contributed by atoms with Crippen LogP contribution in [0.3, 0.4) is 0 Å². The molecule has 0 saturated carbocycles. The van der Waals surface area contributed by atoms with Crippen molar-refractivity contribution in [1.29, 1.82) is 0 Å². The van der Waals surface area contributed by atoms with E-state index in [1.54, 1.807) is 6.92 Å². The Morgan fingerprint density at radius 1 is 0.973 bits per heavy atom. The van der Waals surface area contributed by atoms with Crippen LogP contribution in [-0.4, -0.2) is 34.8 Å². The largest absolute Gasteiger partial charge is 0.310 e. The molecule has 1 N–H and O–H groups in total. The number of nitrogens with zero attached hydrogens (tertiary/aromatic N) is 1. The van der Waals surface area contributed by atoms with Crippen LogP contribution in [0, 0.1) is 0 Å². The summed E-state index contributed by atoms with van der Waals surface area (Å²) in [6, 6.07) is 1.34. The summed E-state index contributed by atoms with van der Waals surface area (Å²) in [6.07, 6.45) is 24.2. The van der Waals surface area contributed by atoms with Gasteiger partial charge in [-0.3, -0.25) is 0 Å². The number of sulfonamides is 1. The number of hydrogen-bond acceptors (Lipinski definition) is 6. The third-order valence-electron chi connectivity index (χ3n) is 6.64. The molecule has 1 aromatic rings. The van der Waals surface area contributed by atoms with Crippen LogP contribution in [0.15, 0.2) is 43.2 Å². The van der Waals surface area contributed by atoms with Crippen LogP contribution in [0.2, 0.25) is 0 Å². The first kappa shape index (κ1) is 31.9. The van der Waals surface area contributed by atoms with Crippen molar-refractivity contribution < 1.29 is 16.8 Å². The van der Waals surface area contributed by atoms with Gasteiger partial charge in [0.05, 0.1) is 5.25 Å². The lowest BCUT2D eigenvalue weighted by atomic mass is 10.1. The quantitative estimate of drug-likeness (QED) is 0.112. The highest BCUT2D eigenvalue weighted by atomic mass is 32.3. The van der Waals surface area contributed by atoms with Gasteiger partial charge >= 0.3 is 0 Å². The van der Waals surface area contributed by atoms with Crippen molar-refractivity contribution in [3.8, 4) is 0 Å². The molecule has 1 aliphatic rings. The highest BCUT2D eigenvalue weighted by Crippen LogP contribution is 2.43. The molecule has 0 aliphatic carbocycles. The van der Waals surface area contributed by atoms with E-state index in [-0.39, 0.29) is 14.5 Å². The minimum atomic E-state index is -3.90. The van der Waals surface area contributed by atoms with E-state index in [2.05, 4.69) is 40.9 Å². The molecule has 0 radical (unpaired) electrons. The van der Waals surface area contributed by atoms with Gasteiger partial charge in [-0.05, 0) is 70.9 Å². The lowest BCUT2D eigenvalue weighted by molar-refractivity contribution is 0.477. The van der Waals surface area contributed by atoms with Gasteiger partial charge in [0.15, 0.2) is 9.84 Å². The summed E-state index contributed by atoms with van der Waals surface area (Å²) in [5.41, 5.74) is 0.562. The maximum absolute atomic E-state index is 12.8. The van der Waals surface area contributed by atoms with Crippen LogP contribution in [-0.2, 0) is 19.9 Å². The van der Waals surface area contributed by atoms with Gasteiger partial charge in [-0.25, -0.2) is 8.42 Å². The number of hydrogen-bond donors (Lipinski definition) is 1. The molecule has 210 valence electrons. The first-order valence-electron chi connectivity index (χ1n) is 13.9. The van der Waals surface area contributed by atoms with Crippen LogP contribution in [0.5, 0.6) is 0 Å². The third kappa shape index (κ3) is 10.4. The number of rotatable bonds is 18. The van der Waals surface area contributed by atoms with Gasteiger partial charge in [-0.1, -0.05) is 70.3 Å². The molecule has 1 aliphatic heterocycles. The van der Waals surface area contributed by atoms with Crippen LogP contribution in [0.4, 0.5) is 0 Å². The molecule has 37 heavy (non-hydrogen) atoms. The van der Waals surface area contributed by atoms with E-state index in [0.717, 1.165) is 43.4 Å². The monoisotopic (exact) mass is 570 g/mol. The second kappa shape index (κ2) is 16.6. The molecule has 0 fully saturated rings. The van der Waals surface area contributed by atoms with Crippen molar-refractivity contribution in [3.63, 3.8) is 0 Å². The van der Waals surface area contributed by atoms with E-state index < -0.39 is 25.1 Å². The Balaban J connectivity index is 1.69. The van der Waals surface area contributed by atoms with E-state index in [9.17, 15) is 16.8 Å². The first-order valence-corrected chi connectivity index (χ1v) is 17.7. The fourth-order valence-electron chi connectivity index (χ4n) is 4.42. The lowest BCUT2D eigenvalue weighted by Gasteiger charge is -2.27. The molecule has 0 amide bonds. The van der Waals surface area contributed by atoms with Crippen molar-refractivity contribution in [1.82, 2.24) is 5.32 Å². The number of nitrogens with one attached hydrogen (secondary N) is 1. The van der Waals surface area contributed by atoms with Crippen LogP contribution < -0.4 is 5.32 Å². The second-order valence-corrected chi connectivity index (χ2v) is 15.3. The topological polar surface area (TPSA) is 92.7 Å². The molecule has 9 heteroatoms. The normalized spacial score (nSPS) is 19.9. The Morgan fingerprint density at radius 2 is 1.59 bits per heavy atom. The van der Waals surface area contributed by atoms with Gasteiger partial charge in [-0.2, -0.15) is 12.8 Å². The van der Waals surface area contributed by atoms with Crippen LogP contribution in [0.25, 0.3) is 0 Å². The molecular weight excluding hydrogens is 525 g/mol. The summed E-state index contributed by atoms with van der Waals surface area (Å²) in [7, 11) is -7.41. The minimum Gasteiger partial charge on any atom is -0.310 e. The van der Waals surface area contributed by atoms with Gasteiger partial charge in [-0.15, -0.1) is 11.3 Å².